The molecule has 0 spiro atoms. The standard InChI is InChI=1S/C7H9NO3S.Na.H/c1-11-6-2-4-7(5-3-6)12(8,9)10;;/h2-5H,1H3,(H2,8,9,10);;. The molecule has 68 valence electrons. The number of ether oxygens (including phenoxy) is 1. The van der Waals surface area contributed by atoms with E-state index in [1.54, 1.807) is 12.1 Å². The molecule has 13 heavy (non-hydrogen) atoms. The Morgan fingerprint density at radius 2 is 1.69 bits per heavy atom. The van der Waals surface area contributed by atoms with Crippen LogP contribution in [0, 0.1) is 0 Å². The van der Waals surface area contributed by atoms with E-state index in [9.17, 15) is 8.42 Å². The summed E-state index contributed by atoms with van der Waals surface area (Å²) in [6, 6.07) is 5.88. The van der Waals surface area contributed by atoms with Gasteiger partial charge in [0.15, 0.2) is 0 Å². The van der Waals surface area contributed by atoms with Crippen LogP contribution in [0.4, 0.5) is 0 Å². The molecule has 0 atom stereocenters. The number of methoxy groups -OCH3 is 1. The van der Waals surface area contributed by atoms with Crippen LogP contribution in [0.3, 0.4) is 0 Å². The van der Waals surface area contributed by atoms with Crippen LogP contribution in [0.25, 0.3) is 0 Å². The van der Waals surface area contributed by atoms with Crippen molar-refractivity contribution in [1.29, 1.82) is 0 Å². The van der Waals surface area contributed by atoms with Crippen molar-refractivity contribution in [2.24, 2.45) is 5.14 Å². The normalized spacial score (nSPS) is 10.3. The Bertz CT molecular complexity index is 360. The third kappa shape index (κ3) is 3.66. The van der Waals surface area contributed by atoms with Gasteiger partial charge in [-0.2, -0.15) is 0 Å². The van der Waals surface area contributed by atoms with Gasteiger partial charge < -0.3 is 4.74 Å². The van der Waals surface area contributed by atoms with Crippen LogP contribution in [0.1, 0.15) is 0 Å². The number of nitrogens with two attached hydrogens (primary N) is 1. The second kappa shape index (κ2) is 4.97. The van der Waals surface area contributed by atoms with E-state index >= 15 is 0 Å². The zero-order valence-corrected chi connectivity index (χ0v) is 7.34. The number of benzene rings is 1. The average molecular weight is 211 g/mol. The van der Waals surface area contributed by atoms with Gasteiger partial charge in [-0.1, -0.05) is 0 Å². The van der Waals surface area contributed by atoms with Crippen LogP contribution in [0.5, 0.6) is 5.75 Å². The third-order valence-corrected chi connectivity index (χ3v) is 2.32. The van der Waals surface area contributed by atoms with E-state index < -0.39 is 10.0 Å². The molecule has 0 saturated heterocycles. The summed E-state index contributed by atoms with van der Waals surface area (Å²) in [4.78, 5) is 0.0864. The predicted molar refractivity (Wildman–Crippen MR) is 51.5 cm³/mol. The minimum atomic E-state index is -3.58. The van der Waals surface area contributed by atoms with Crippen LogP contribution in [0.2, 0.25) is 0 Å². The topological polar surface area (TPSA) is 69.4 Å². The molecule has 0 aliphatic heterocycles. The Labute approximate surface area is 99.4 Å². The maximum atomic E-state index is 10.8. The van der Waals surface area contributed by atoms with Crippen LogP contribution in [0.15, 0.2) is 29.2 Å². The van der Waals surface area contributed by atoms with E-state index in [2.05, 4.69) is 0 Å². The van der Waals surface area contributed by atoms with E-state index in [1.165, 1.54) is 19.2 Å². The molecule has 0 bridgehead atoms. The van der Waals surface area contributed by atoms with E-state index in [4.69, 9.17) is 9.88 Å². The number of rotatable bonds is 2. The summed E-state index contributed by atoms with van der Waals surface area (Å²) in [6.07, 6.45) is 0. The van der Waals surface area contributed by atoms with Gasteiger partial charge in [0.2, 0.25) is 10.0 Å². The summed E-state index contributed by atoms with van der Waals surface area (Å²) in [7, 11) is -2.08. The molecule has 0 unspecified atom stereocenters. The summed E-state index contributed by atoms with van der Waals surface area (Å²) < 4.78 is 26.4. The van der Waals surface area contributed by atoms with Gasteiger partial charge in [-0.05, 0) is 24.3 Å². The molecule has 0 radical (unpaired) electrons. The fraction of sp³-hybridized carbons (Fsp3) is 0.143. The van der Waals surface area contributed by atoms with Crippen molar-refractivity contribution in [2.45, 2.75) is 4.90 Å². The summed E-state index contributed by atoms with van der Waals surface area (Å²) in [5.41, 5.74) is 0. The number of hydrogen-bond acceptors (Lipinski definition) is 3. The molecule has 1 rings (SSSR count). The van der Waals surface area contributed by atoms with Gasteiger partial charge in [0.05, 0.1) is 12.0 Å². The zero-order chi connectivity index (χ0) is 9.19. The van der Waals surface area contributed by atoms with Crippen molar-refractivity contribution in [1.82, 2.24) is 0 Å². The van der Waals surface area contributed by atoms with Gasteiger partial charge in [-0.25, -0.2) is 13.6 Å². The van der Waals surface area contributed by atoms with Crippen LogP contribution in [-0.2, 0) is 10.0 Å². The van der Waals surface area contributed by atoms with Crippen molar-refractivity contribution in [2.75, 3.05) is 7.11 Å². The first kappa shape index (κ1) is 12.9. The van der Waals surface area contributed by atoms with E-state index in [-0.39, 0.29) is 34.5 Å². The first-order valence-electron chi connectivity index (χ1n) is 3.21. The molecular weight excluding hydrogens is 201 g/mol. The maximum absolute atomic E-state index is 10.8. The van der Waals surface area contributed by atoms with Crippen LogP contribution in [-0.4, -0.2) is 45.1 Å². The van der Waals surface area contributed by atoms with E-state index in [0.29, 0.717) is 5.75 Å². The van der Waals surface area contributed by atoms with Gasteiger partial charge in [0.1, 0.15) is 5.75 Å². The molecular formula is C7H10NNaO3S. The number of hydrogen-bond donors (Lipinski definition) is 1. The quantitative estimate of drug-likeness (QED) is 0.682. The van der Waals surface area contributed by atoms with Gasteiger partial charge >= 0.3 is 29.6 Å². The molecule has 0 aliphatic rings. The molecule has 1 aromatic rings. The molecule has 4 nitrogen and oxygen atoms in total. The molecule has 2 N–H and O–H groups in total. The zero-order valence-electron chi connectivity index (χ0n) is 6.52. The summed E-state index contributed by atoms with van der Waals surface area (Å²) in [5, 5.41) is 4.88. The van der Waals surface area contributed by atoms with Gasteiger partial charge in [0.25, 0.3) is 0 Å². The Morgan fingerprint density at radius 3 is 2.00 bits per heavy atom. The molecule has 6 heteroatoms. The number of primary sulfonamides is 1. The van der Waals surface area contributed by atoms with Crippen LogP contribution >= 0.6 is 0 Å². The molecule has 0 aromatic heterocycles. The van der Waals surface area contributed by atoms with E-state index in [1.807, 2.05) is 0 Å². The Balaban J connectivity index is 0.00000144. The Hall–Kier alpha value is -0.0700. The molecule has 1 aromatic carbocycles. The first-order chi connectivity index (χ1) is 5.54. The Morgan fingerprint density at radius 1 is 1.23 bits per heavy atom. The fourth-order valence-electron chi connectivity index (χ4n) is 0.765. The summed E-state index contributed by atoms with van der Waals surface area (Å²) in [5.74, 6) is 0.599. The molecule has 0 amide bonds. The average Bonchev–Trinajstić information content (AvgIpc) is 2.03. The molecule has 0 heterocycles. The molecule has 0 saturated carbocycles. The van der Waals surface area contributed by atoms with Crippen molar-refractivity contribution >= 4 is 39.6 Å². The first-order valence-corrected chi connectivity index (χ1v) is 4.75. The Kier molecular flexibility index (Phi) is 4.95. The van der Waals surface area contributed by atoms with Crippen LogP contribution < -0.4 is 9.88 Å². The second-order valence-corrected chi connectivity index (χ2v) is 3.78. The van der Waals surface area contributed by atoms with Gasteiger partial charge in [-0.3, -0.25) is 0 Å². The molecule has 0 aliphatic carbocycles. The number of sulfonamides is 1. The fourth-order valence-corrected chi connectivity index (χ4v) is 1.28. The van der Waals surface area contributed by atoms with Crippen molar-refractivity contribution in [3.8, 4) is 5.75 Å². The van der Waals surface area contributed by atoms with Gasteiger partial charge in [-0.15, -0.1) is 0 Å². The van der Waals surface area contributed by atoms with Gasteiger partial charge in [0, 0.05) is 0 Å². The monoisotopic (exact) mass is 211 g/mol. The summed E-state index contributed by atoms with van der Waals surface area (Å²) in [6.45, 7) is 0. The SMILES string of the molecule is COc1ccc(S(N)(=O)=O)cc1.[NaH]. The van der Waals surface area contributed by atoms with Crippen molar-refractivity contribution in [3.63, 3.8) is 0 Å². The van der Waals surface area contributed by atoms with Crippen molar-refractivity contribution in [3.05, 3.63) is 24.3 Å². The minimum absolute atomic E-state index is 0. The second-order valence-electron chi connectivity index (χ2n) is 2.22. The van der Waals surface area contributed by atoms with Crippen molar-refractivity contribution < 1.29 is 13.2 Å². The third-order valence-electron chi connectivity index (χ3n) is 1.39. The van der Waals surface area contributed by atoms with E-state index in [0.717, 1.165) is 0 Å². The summed E-state index contributed by atoms with van der Waals surface area (Å²) >= 11 is 0. The molecule has 0 fully saturated rings. The predicted octanol–water partition coefficient (Wildman–Crippen LogP) is -0.306.